The van der Waals surface area contributed by atoms with Crippen LogP contribution in [-0.2, 0) is 0 Å². The van der Waals surface area contributed by atoms with Crippen molar-refractivity contribution in [2.24, 2.45) is 5.73 Å². The minimum absolute atomic E-state index is 0.407. The van der Waals surface area contributed by atoms with Crippen molar-refractivity contribution in [1.82, 2.24) is 10.2 Å². The molecule has 1 aliphatic heterocycles. The molecular formula is C16H31N3. The highest BCUT2D eigenvalue weighted by Gasteiger charge is 2.15. The van der Waals surface area contributed by atoms with Gasteiger partial charge in [-0.3, -0.25) is 0 Å². The summed E-state index contributed by atoms with van der Waals surface area (Å²) in [5.41, 5.74) is 5.59. The first-order valence-electron chi connectivity index (χ1n) is 7.92. The Balaban J connectivity index is 1.98. The fraction of sp³-hybridized carbons (Fsp3) is 0.750. The summed E-state index contributed by atoms with van der Waals surface area (Å²) in [4.78, 5) is 2.27. The van der Waals surface area contributed by atoms with E-state index < -0.39 is 0 Å². The highest BCUT2D eigenvalue weighted by molar-refractivity contribution is 4.98. The second-order valence-corrected chi connectivity index (χ2v) is 5.29. The molecule has 1 aliphatic rings. The van der Waals surface area contributed by atoms with Crippen molar-refractivity contribution in [3.05, 3.63) is 24.6 Å². The lowest BCUT2D eigenvalue weighted by molar-refractivity contribution is 0.287. The second-order valence-electron chi connectivity index (χ2n) is 5.29. The summed E-state index contributed by atoms with van der Waals surface area (Å²) in [7, 11) is 0. The summed E-state index contributed by atoms with van der Waals surface area (Å²) in [6.45, 7) is 3.91. The minimum Gasteiger partial charge on any atom is -0.370 e. The number of rotatable bonds is 11. The van der Waals surface area contributed by atoms with Gasteiger partial charge in [0.15, 0.2) is 0 Å². The van der Waals surface area contributed by atoms with Gasteiger partial charge < -0.3 is 16.0 Å². The first-order chi connectivity index (χ1) is 9.38. The van der Waals surface area contributed by atoms with Gasteiger partial charge in [0, 0.05) is 31.9 Å². The summed E-state index contributed by atoms with van der Waals surface area (Å²) < 4.78 is 0. The summed E-state index contributed by atoms with van der Waals surface area (Å²) in [6, 6.07) is 0. The minimum atomic E-state index is 0.407. The standard InChI is InChI=1S/C16H31N3/c1-2-3-4-5-6-7-8-9-10-11-16-18-13-15-19(16)14-12-17/h9-10,13,15-16,18H,2-8,11-12,14,17H2,1H3/b10-9+. The highest BCUT2D eigenvalue weighted by Crippen LogP contribution is 2.10. The zero-order valence-electron chi connectivity index (χ0n) is 12.5. The Bertz CT molecular complexity index is 261. The molecule has 0 bridgehead atoms. The van der Waals surface area contributed by atoms with E-state index in [2.05, 4.69) is 35.5 Å². The quantitative estimate of drug-likeness (QED) is 0.445. The molecule has 19 heavy (non-hydrogen) atoms. The van der Waals surface area contributed by atoms with E-state index in [4.69, 9.17) is 5.73 Å². The zero-order chi connectivity index (χ0) is 13.8. The molecule has 3 nitrogen and oxygen atoms in total. The smallest absolute Gasteiger partial charge is 0.102 e. The van der Waals surface area contributed by atoms with E-state index in [9.17, 15) is 0 Å². The SMILES string of the molecule is CCCCCCCC/C=C/CC1NC=CN1CCN. The van der Waals surface area contributed by atoms with Crippen LogP contribution in [0, 0.1) is 0 Å². The first kappa shape index (κ1) is 16.1. The summed E-state index contributed by atoms with van der Waals surface area (Å²) >= 11 is 0. The van der Waals surface area contributed by atoms with Gasteiger partial charge in [0.1, 0.15) is 6.17 Å². The second kappa shape index (κ2) is 10.9. The third-order valence-corrected chi connectivity index (χ3v) is 3.59. The van der Waals surface area contributed by atoms with Gasteiger partial charge in [0.2, 0.25) is 0 Å². The predicted octanol–water partition coefficient (Wildman–Crippen LogP) is 3.34. The normalized spacial score (nSPS) is 18.4. The number of nitrogens with zero attached hydrogens (tertiary/aromatic N) is 1. The van der Waals surface area contributed by atoms with E-state index in [0.717, 1.165) is 13.0 Å². The molecule has 0 saturated heterocycles. The van der Waals surface area contributed by atoms with E-state index in [1.165, 1.54) is 44.9 Å². The van der Waals surface area contributed by atoms with Crippen molar-refractivity contribution < 1.29 is 0 Å². The third kappa shape index (κ3) is 7.26. The van der Waals surface area contributed by atoms with Crippen molar-refractivity contribution in [1.29, 1.82) is 0 Å². The van der Waals surface area contributed by atoms with Crippen LogP contribution in [0.4, 0.5) is 0 Å². The largest absolute Gasteiger partial charge is 0.370 e. The topological polar surface area (TPSA) is 41.3 Å². The lowest BCUT2D eigenvalue weighted by Gasteiger charge is -2.23. The molecule has 0 fully saturated rings. The van der Waals surface area contributed by atoms with Gasteiger partial charge in [-0.05, 0) is 12.8 Å². The molecule has 3 N–H and O–H groups in total. The molecule has 0 spiro atoms. The van der Waals surface area contributed by atoms with Gasteiger partial charge in [-0.1, -0.05) is 51.2 Å². The van der Waals surface area contributed by atoms with Crippen molar-refractivity contribution in [2.45, 2.75) is 64.5 Å². The Hall–Kier alpha value is -0.960. The average Bonchev–Trinajstić information content (AvgIpc) is 2.85. The van der Waals surface area contributed by atoms with E-state index in [0.29, 0.717) is 12.7 Å². The van der Waals surface area contributed by atoms with Gasteiger partial charge in [-0.2, -0.15) is 0 Å². The fourth-order valence-corrected chi connectivity index (χ4v) is 2.42. The molecular weight excluding hydrogens is 234 g/mol. The maximum Gasteiger partial charge on any atom is 0.102 e. The zero-order valence-corrected chi connectivity index (χ0v) is 12.5. The van der Waals surface area contributed by atoms with Gasteiger partial charge in [-0.15, -0.1) is 0 Å². The van der Waals surface area contributed by atoms with Crippen LogP contribution >= 0.6 is 0 Å². The highest BCUT2D eigenvalue weighted by atomic mass is 15.3. The molecule has 1 unspecified atom stereocenters. The Labute approximate surface area is 118 Å². The van der Waals surface area contributed by atoms with Crippen LogP contribution in [-0.4, -0.2) is 24.2 Å². The first-order valence-corrected chi connectivity index (χ1v) is 7.92. The average molecular weight is 265 g/mol. The monoisotopic (exact) mass is 265 g/mol. The fourth-order valence-electron chi connectivity index (χ4n) is 2.42. The Morgan fingerprint density at radius 1 is 1.16 bits per heavy atom. The number of unbranched alkanes of at least 4 members (excludes halogenated alkanes) is 6. The molecule has 0 aromatic rings. The Kier molecular flexibility index (Phi) is 9.25. The van der Waals surface area contributed by atoms with E-state index >= 15 is 0 Å². The molecule has 1 atom stereocenters. The van der Waals surface area contributed by atoms with Crippen LogP contribution in [0.15, 0.2) is 24.6 Å². The molecule has 0 aromatic heterocycles. The lowest BCUT2D eigenvalue weighted by Crippen LogP contribution is -2.37. The molecule has 0 amide bonds. The van der Waals surface area contributed by atoms with E-state index in [1.54, 1.807) is 0 Å². The molecule has 1 rings (SSSR count). The predicted molar refractivity (Wildman–Crippen MR) is 83.6 cm³/mol. The maximum absolute atomic E-state index is 5.59. The van der Waals surface area contributed by atoms with Crippen molar-refractivity contribution in [3.8, 4) is 0 Å². The Morgan fingerprint density at radius 2 is 1.95 bits per heavy atom. The summed E-state index contributed by atoms with van der Waals surface area (Å²) in [5, 5.41) is 3.36. The molecule has 1 heterocycles. The van der Waals surface area contributed by atoms with Gasteiger partial charge in [-0.25, -0.2) is 0 Å². The maximum atomic E-state index is 5.59. The van der Waals surface area contributed by atoms with E-state index in [-0.39, 0.29) is 0 Å². The van der Waals surface area contributed by atoms with Gasteiger partial charge >= 0.3 is 0 Å². The van der Waals surface area contributed by atoms with Crippen LogP contribution in [0.25, 0.3) is 0 Å². The van der Waals surface area contributed by atoms with Crippen molar-refractivity contribution >= 4 is 0 Å². The van der Waals surface area contributed by atoms with Gasteiger partial charge in [0.05, 0.1) is 0 Å². The van der Waals surface area contributed by atoms with Gasteiger partial charge in [0.25, 0.3) is 0 Å². The number of hydrogen-bond donors (Lipinski definition) is 2. The third-order valence-electron chi connectivity index (χ3n) is 3.59. The number of nitrogens with one attached hydrogen (secondary N) is 1. The van der Waals surface area contributed by atoms with Crippen LogP contribution in [0.2, 0.25) is 0 Å². The van der Waals surface area contributed by atoms with Crippen LogP contribution in [0.1, 0.15) is 58.3 Å². The number of nitrogens with two attached hydrogens (primary N) is 1. The molecule has 0 aromatic carbocycles. The van der Waals surface area contributed by atoms with Crippen molar-refractivity contribution in [2.75, 3.05) is 13.1 Å². The number of allylic oxidation sites excluding steroid dienone is 1. The molecule has 0 radical (unpaired) electrons. The van der Waals surface area contributed by atoms with Crippen molar-refractivity contribution in [3.63, 3.8) is 0 Å². The summed E-state index contributed by atoms with van der Waals surface area (Å²) in [5.74, 6) is 0. The lowest BCUT2D eigenvalue weighted by atomic mass is 10.1. The Morgan fingerprint density at radius 3 is 2.74 bits per heavy atom. The summed E-state index contributed by atoms with van der Waals surface area (Å²) in [6.07, 6.45) is 19.7. The molecule has 0 aliphatic carbocycles. The van der Waals surface area contributed by atoms with Crippen LogP contribution in [0.3, 0.4) is 0 Å². The molecule has 0 saturated carbocycles. The van der Waals surface area contributed by atoms with Crippen LogP contribution < -0.4 is 11.1 Å². The number of hydrogen-bond acceptors (Lipinski definition) is 3. The van der Waals surface area contributed by atoms with Crippen LogP contribution in [0.5, 0.6) is 0 Å². The van der Waals surface area contributed by atoms with E-state index in [1.807, 2.05) is 6.20 Å². The molecule has 3 heteroatoms. The molecule has 110 valence electrons.